The molecule has 2 aromatic rings. The maximum absolute atomic E-state index is 12.2. The number of amides is 1. The lowest BCUT2D eigenvalue weighted by atomic mass is 10.1. The predicted octanol–water partition coefficient (Wildman–Crippen LogP) is 3.75. The van der Waals surface area contributed by atoms with Gasteiger partial charge in [-0.1, -0.05) is 0 Å². The average molecular weight is 327 g/mol. The van der Waals surface area contributed by atoms with E-state index in [1.165, 1.54) is 6.08 Å². The van der Waals surface area contributed by atoms with E-state index in [-0.39, 0.29) is 5.91 Å². The first-order valence-electron chi connectivity index (χ1n) is 7.43. The number of hydrogen-bond donors (Lipinski definition) is 1. The molecule has 1 N–H and O–H groups in total. The van der Waals surface area contributed by atoms with Crippen LogP contribution in [-0.2, 0) is 4.79 Å². The Morgan fingerprint density at radius 3 is 2.12 bits per heavy atom. The molecule has 1 amide bonds. The van der Waals surface area contributed by atoms with Gasteiger partial charge in [-0.2, -0.15) is 0 Å². The summed E-state index contributed by atoms with van der Waals surface area (Å²) >= 11 is 0. The van der Waals surface area contributed by atoms with Crippen LogP contribution in [0.5, 0.6) is 17.2 Å². The first-order chi connectivity index (χ1) is 11.6. The molecular formula is C19H21NO4. The van der Waals surface area contributed by atoms with Crippen LogP contribution in [0.1, 0.15) is 12.5 Å². The Labute approximate surface area is 141 Å². The molecule has 0 aliphatic carbocycles. The Balaban J connectivity index is 2.15. The fourth-order valence-corrected chi connectivity index (χ4v) is 2.25. The van der Waals surface area contributed by atoms with Gasteiger partial charge in [-0.25, -0.2) is 0 Å². The van der Waals surface area contributed by atoms with Gasteiger partial charge in [0.15, 0.2) is 0 Å². The van der Waals surface area contributed by atoms with E-state index in [0.29, 0.717) is 17.2 Å². The Morgan fingerprint density at radius 2 is 1.54 bits per heavy atom. The molecule has 5 heteroatoms. The minimum Gasteiger partial charge on any atom is -0.497 e. The van der Waals surface area contributed by atoms with Crippen molar-refractivity contribution in [1.82, 2.24) is 0 Å². The summed E-state index contributed by atoms with van der Waals surface area (Å²) in [4.78, 5) is 12.2. The fourth-order valence-electron chi connectivity index (χ4n) is 2.25. The number of rotatable bonds is 6. The number of carbonyl (C=O) groups is 1. The number of nitrogens with one attached hydrogen (secondary N) is 1. The van der Waals surface area contributed by atoms with Crippen LogP contribution in [0, 0.1) is 0 Å². The summed E-state index contributed by atoms with van der Waals surface area (Å²) in [6.07, 6.45) is 1.54. The third-order valence-electron chi connectivity index (χ3n) is 3.54. The topological polar surface area (TPSA) is 56.8 Å². The molecule has 0 aromatic heterocycles. The second kappa shape index (κ2) is 8.06. The quantitative estimate of drug-likeness (QED) is 0.821. The summed E-state index contributed by atoms with van der Waals surface area (Å²) in [7, 11) is 4.78. The van der Waals surface area contributed by atoms with E-state index in [9.17, 15) is 4.79 Å². The molecular weight excluding hydrogens is 306 g/mol. The van der Waals surface area contributed by atoms with Crippen LogP contribution in [0.15, 0.2) is 48.5 Å². The molecule has 0 saturated carbocycles. The van der Waals surface area contributed by atoms with Gasteiger partial charge in [-0.3, -0.25) is 4.79 Å². The highest BCUT2D eigenvalue weighted by atomic mass is 16.5. The molecule has 0 unspecified atom stereocenters. The van der Waals surface area contributed by atoms with Crippen LogP contribution in [0.3, 0.4) is 0 Å². The van der Waals surface area contributed by atoms with Crippen LogP contribution in [0.2, 0.25) is 0 Å². The van der Waals surface area contributed by atoms with Crippen molar-refractivity contribution in [3.8, 4) is 17.2 Å². The van der Waals surface area contributed by atoms with Gasteiger partial charge >= 0.3 is 0 Å². The van der Waals surface area contributed by atoms with Crippen LogP contribution < -0.4 is 19.5 Å². The number of methoxy groups -OCH3 is 3. The highest BCUT2D eigenvalue weighted by Gasteiger charge is 2.08. The Morgan fingerprint density at radius 1 is 0.917 bits per heavy atom. The summed E-state index contributed by atoms with van der Waals surface area (Å²) in [6, 6.07) is 12.6. The number of allylic oxidation sites excluding steroid dienone is 1. The molecule has 0 aliphatic rings. The van der Waals surface area contributed by atoms with Crippen molar-refractivity contribution in [3.63, 3.8) is 0 Å². The van der Waals surface area contributed by atoms with Crippen LogP contribution >= 0.6 is 0 Å². The Hall–Kier alpha value is -2.95. The monoisotopic (exact) mass is 327 g/mol. The average Bonchev–Trinajstić information content (AvgIpc) is 2.61. The largest absolute Gasteiger partial charge is 0.497 e. The molecule has 5 nitrogen and oxygen atoms in total. The minimum atomic E-state index is -0.212. The number of benzene rings is 2. The van der Waals surface area contributed by atoms with Crippen LogP contribution in [0.4, 0.5) is 5.69 Å². The summed E-state index contributed by atoms with van der Waals surface area (Å²) < 4.78 is 15.6. The molecule has 2 aromatic carbocycles. The van der Waals surface area contributed by atoms with E-state index in [1.54, 1.807) is 51.7 Å². The van der Waals surface area contributed by atoms with Gasteiger partial charge in [-0.05, 0) is 48.9 Å². The van der Waals surface area contributed by atoms with E-state index in [1.807, 2.05) is 19.1 Å². The van der Waals surface area contributed by atoms with E-state index in [2.05, 4.69) is 5.32 Å². The van der Waals surface area contributed by atoms with Crippen molar-refractivity contribution in [2.45, 2.75) is 6.92 Å². The molecule has 0 heterocycles. The zero-order chi connectivity index (χ0) is 17.5. The maximum Gasteiger partial charge on any atom is 0.248 e. The molecule has 2 rings (SSSR count). The molecule has 0 radical (unpaired) electrons. The first kappa shape index (κ1) is 17.4. The van der Waals surface area contributed by atoms with Crippen LogP contribution in [-0.4, -0.2) is 27.2 Å². The summed E-state index contributed by atoms with van der Waals surface area (Å²) in [5, 5.41) is 2.82. The highest BCUT2D eigenvalue weighted by molar-refractivity contribution is 6.04. The number of hydrogen-bond acceptors (Lipinski definition) is 4. The zero-order valence-electron chi connectivity index (χ0n) is 14.3. The predicted molar refractivity (Wildman–Crippen MR) is 94.8 cm³/mol. The molecule has 0 fully saturated rings. The van der Waals surface area contributed by atoms with Crippen molar-refractivity contribution < 1.29 is 19.0 Å². The van der Waals surface area contributed by atoms with Crippen molar-refractivity contribution in [3.05, 3.63) is 54.1 Å². The molecule has 0 spiro atoms. The first-order valence-corrected chi connectivity index (χ1v) is 7.43. The van der Waals surface area contributed by atoms with E-state index >= 15 is 0 Å². The van der Waals surface area contributed by atoms with E-state index in [4.69, 9.17) is 14.2 Å². The molecule has 24 heavy (non-hydrogen) atoms. The van der Waals surface area contributed by atoms with Crippen molar-refractivity contribution in [2.75, 3.05) is 26.6 Å². The molecule has 0 saturated heterocycles. The summed E-state index contributed by atoms with van der Waals surface area (Å²) in [6.45, 7) is 1.86. The van der Waals surface area contributed by atoms with E-state index in [0.717, 1.165) is 16.9 Å². The number of anilines is 1. The summed E-state index contributed by atoms with van der Waals surface area (Å²) in [5.74, 6) is 1.88. The third kappa shape index (κ3) is 4.29. The van der Waals surface area contributed by atoms with Gasteiger partial charge in [0.05, 0.1) is 21.3 Å². The van der Waals surface area contributed by atoms with Crippen molar-refractivity contribution in [2.24, 2.45) is 0 Å². The van der Waals surface area contributed by atoms with Gasteiger partial charge in [0, 0.05) is 23.4 Å². The molecule has 126 valence electrons. The lowest BCUT2D eigenvalue weighted by molar-refractivity contribution is -0.111. The smallest absolute Gasteiger partial charge is 0.248 e. The second-order valence-corrected chi connectivity index (χ2v) is 5.11. The maximum atomic E-state index is 12.2. The molecule has 0 aliphatic heterocycles. The Kier molecular flexibility index (Phi) is 5.84. The van der Waals surface area contributed by atoms with Crippen molar-refractivity contribution >= 4 is 17.2 Å². The van der Waals surface area contributed by atoms with Gasteiger partial charge in [0.1, 0.15) is 17.2 Å². The van der Waals surface area contributed by atoms with Gasteiger partial charge < -0.3 is 19.5 Å². The summed E-state index contributed by atoms with van der Waals surface area (Å²) in [5.41, 5.74) is 2.33. The minimum absolute atomic E-state index is 0.212. The standard InChI is InChI=1S/C19H21NO4/c1-13(17-10-9-16(23-3)12-18(17)24-4)11-19(21)20-14-5-7-15(22-2)8-6-14/h5-12H,1-4H3,(H,20,21)/b13-11+. The lowest BCUT2D eigenvalue weighted by Crippen LogP contribution is -2.08. The van der Waals surface area contributed by atoms with Gasteiger partial charge in [-0.15, -0.1) is 0 Å². The normalized spacial score (nSPS) is 10.9. The second-order valence-electron chi connectivity index (χ2n) is 5.11. The van der Waals surface area contributed by atoms with Gasteiger partial charge in [0.2, 0.25) is 5.91 Å². The van der Waals surface area contributed by atoms with Crippen LogP contribution in [0.25, 0.3) is 5.57 Å². The highest BCUT2D eigenvalue weighted by Crippen LogP contribution is 2.30. The SMILES string of the molecule is COc1ccc(NC(=O)/C=C(\C)c2ccc(OC)cc2OC)cc1. The molecule has 0 bridgehead atoms. The fraction of sp³-hybridized carbons (Fsp3) is 0.211. The number of carbonyl (C=O) groups excluding carboxylic acids is 1. The van der Waals surface area contributed by atoms with Gasteiger partial charge in [0.25, 0.3) is 0 Å². The number of ether oxygens (including phenoxy) is 3. The third-order valence-corrected chi connectivity index (χ3v) is 3.54. The zero-order valence-corrected chi connectivity index (χ0v) is 14.3. The van der Waals surface area contributed by atoms with Crippen molar-refractivity contribution in [1.29, 1.82) is 0 Å². The van der Waals surface area contributed by atoms with E-state index < -0.39 is 0 Å². The lowest BCUT2D eigenvalue weighted by Gasteiger charge is -2.11. The Bertz CT molecular complexity index is 736. The molecule has 0 atom stereocenters.